The fourth-order valence-electron chi connectivity index (χ4n) is 2.94. The minimum Gasteiger partial charge on any atom is -0.618 e. The van der Waals surface area contributed by atoms with Crippen LogP contribution in [0.25, 0.3) is 11.0 Å². The molecule has 0 bridgehead atoms. The van der Waals surface area contributed by atoms with E-state index in [4.69, 9.17) is 14.2 Å². The molecule has 0 aliphatic carbocycles. The Balaban J connectivity index is 1.99. The molecule has 3 rings (SSSR count). The number of aryl methyl sites for hydroxylation is 1. The predicted octanol–water partition coefficient (Wildman–Crippen LogP) is 3.11. The number of hydrogen-bond acceptors (Lipinski definition) is 7. The molecule has 0 spiro atoms. The van der Waals surface area contributed by atoms with Crippen LogP contribution in [0.1, 0.15) is 46.0 Å². The number of benzene rings is 2. The van der Waals surface area contributed by atoms with Gasteiger partial charge in [-0.2, -0.15) is 4.73 Å². The number of hydrogen-bond donors (Lipinski definition) is 0. The van der Waals surface area contributed by atoms with E-state index in [1.54, 1.807) is 37.3 Å². The first-order valence-electron chi connectivity index (χ1n) is 9.54. The first kappa shape index (κ1) is 21.0. The van der Waals surface area contributed by atoms with Gasteiger partial charge in [0.1, 0.15) is 17.9 Å². The van der Waals surface area contributed by atoms with Gasteiger partial charge in [0.2, 0.25) is 5.52 Å². The van der Waals surface area contributed by atoms with Gasteiger partial charge in [-0.1, -0.05) is 17.7 Å². The van der Waals surface area contributed by atoms with Crippen LogP contribution < -0.4 is 9.47 Å². The third-order valence-corrected chi connectivity index (χ3v) is 4.27. The van der Waals surface area contributed by atoms with Gasteiger partial charge in [0.25, 0.3) is 0 Å². The molecule has 8 nitrogen and oxygen atoms in total. The van der Waals surface area contributed by atoms with Crippen molar-refractivity contribution in [2.75, 3.05) is 13.2 Å². The first-order chi connectivity index (χ1) is 14.4. The van der Waals surface area contributed by atoms with E-state index < -0.39 is 11.9 Å². The molecule has 30 heavy (non-hydrogen) atoms. The summed E-state index contributed by atoms with van der Waals surface area (Å²) in [6.45, 7) is 5.47. The van der Waals surface area contributed by atoms with E-state index in [-0.39, 0.29) is 30.1 Å². The molecule has 0 aliphatic rings. The molecular weight excluding hydrogens is 388 g/mol. The molecule has 0 aliphatic heterocycles. The van der Waals surface area contributed by atoms with Crippen molar-refractivity contribution in [2.45, 2.75) is 27.4 Å². The van der Waals surface area contributed by atoms with Gasteiger partial charge in [0, 0.05) is 0 Å². The maximum atomic E-state index is 13.0. The zero-order valence-corrected chi connectivity index (χ0v) is 17.0. The van der Waals surface area contributed by atoms with Crippen LogP contribution in [0.2, 0.25) is 0 Å². The molecule has 1 heterocycles. The lowest BCUT2D eigenvalue weighted by Gasteiger charge is -2.12. The van der Waals surface area contributed by atoms with Crippen LogP contribution in [0.15, 0.2) is 42.5 Å². The average Bonchev–Trinajstić information content (AvgIpc) is 2.72. The highest BCUT2D eigenvalue weighted by Gasteiger charge is 2.28. The third kappa shape index (κ3) is 4.48. The number of aromatic nitrogens is 2. The largest absolute Gasteiger partial charge is 0.618 e. The Morgan fingerprint density at radius 2 is 1.83 bits per heavy atom. The van der Waals surface area contributed by atoms with Crippen LogP contribution in [-0.4, -0.2) is 30.1 Å². The Bertz CT molecular complexity index is 1100. The van der Waals surface area contributed by atoms with Crippen LogP contribution >= 0.6 is 0 Å². The number of carbonyl (C=O) groups is 2. The van der Waals surface area contributed by atoms with E-state index in [9.17, 15) is 14.8 Å². The number of esters is 2. The summed E-state index contributed by atoms with van der Waals surface area (Å²) in [5.74, 6) is -0.949. The molecule has 0 unspecified atom stereocenters. The molecule has 0 saturated carbocycles. The molecule has 156 valence electrons. The van der Waals surface area contributed by atoms with E-state index in [1.165, 1.54) is 6.07 Å². The zero-order chi connectivity index (χ0) is 21.7. The summed E-state index contributed by atoms with van der Waals surface area (Å²) in [5.41, 5.74) is 1.45. The lowest BCUT2D eigenvalue weighted by molar-refractivity contribution is -0.581. The molecule has 0 radical (unpaired) electrons. The van der Waals surface area contributed by atoms with Gasteiger partial charge in [-0.3, -0.25) is 0 Å². The van der Waals surface area contributed by atoms with Crippen LogP contribution in [0, 0.1) is 12.1 Å². The maximum absolute atomic E-state index is 13.0. The topological polar surface area (TPSA) is 102 Å². The number of rotatable bonds is 7. The van der Waals surface area contributed by atoms with Gasteiger partial charge in [0.15, 0.2) is 5.69 Å². The monoisotopic (exact) mass is 410 g/mol. The Kier molecular flexibility index (Phi) is 6.46. The Morgan fingerprint density at radius 1 is 1.03 bits per heavy atom. The average molecular weight is 410 g/mol. The minimum absolute atomic E-state index is 0.0149. The normalized spacial score (nSPS) is 10.6. The van der Waals surface area contributed by atoms with Crippen LogP contribution in [-0.2, 0) is 16.1 Å². The lowest BCUT2D eigenvalue weighted by Crippen LogP contribution is -2.39. The summed E-state index contributed by atoms with van der Waals surface area (Å²) in [5, 5.41) is 13.0. The van der Waals surface area contributed by atoms with Gasteiger partial charge in [-0.15, -0.1) is 0 Å². The van der Waals surface area contributed by atoms with Crippen LogP contribution in [0.3, 0.4) is 0 Å². The molecule has 0 atom stereocenters. The fraction of sp³-hybridized carbons (Fsp3) is 0.273. The second-order valence-electron chi connectivity index (χ2n) is 6.45. The van der Waals surface area contributed by atoms with E-state index in [0.717, 1.165) is 5.56 Å². The summed E-state index contributed by atoms with van der Waals surface area (Å²) in [6, 6.07) is 11.7. The molecule has 8 heteroatoms. The summed E-state index contributed by atoms with van der Waals surface area (Å²) in [4.78, 5) is 29.2. The van der Waals surface area contributed by atoms with Crippen molar-refractivity contribution >= 4 is 23.0 Å². The summed E-state index contributed by atoms with van der Waals surface area (Å²) >= 11 is 0. The van der Waals surface area contributed by atoms with Crippen molar-refractivity contribution < 1.29 is 28.5 Å². The number of fused-ring (bicyclic) bond motifs is 1. The predicted molar refractivity (Wildman–Crippen MR) is 108 cm³/mol. The highest BCUT2D eigenvalue weighted by atomic mass is 16.5. The van der Waals surface area contributed by atoms with E-state index in [2.05, 4.69) is 4.98 Å². The van der Waals surface area contributed by atoms with E-state index in [1.807, 2.05) is 19.9 Å². The number of nitrogens with zero attached hydrogens (tertiary/aromatic N) is 2. The van der Waals surface area contributed by atoms with Gasteiger partial charge in [-0.25, -0.2) is 14.6 Å². The molecule has 3 aromatic rings. The Morgan fingerprint density at radius 3 is 2.53 bits per heavy atom. The summed E-state index contributed by atoms with van der Waals surface area (Å²) in [6.07, 6.45) is 0. The smallest absolute Gasteiger partial charge is 0.407 e. The summed E-state index contributed by atoms with van der Waals surface area (Å²) in [7, 11) is 0. The van der Waals surface area contributed by atoms with Gasteiger partial charge in [0.05, 0.1) is 24.8 Å². The van der Waals surface area contributed by atoms with Crippen molar-refractivity contribution in [2.24, 2.45) is 0 Å². The highest BCUT2D eigenvalue weighted by molar-refractivity contribution is 5.90. The quantitative estimate of drug-likeness (QED) is 0.335. The standard InChI is InChI=1S/C22H22N2O6/c1-4-28-16-9-10-17-19(12-16)24(27)20(22(26)29-5-2)18(23-17)13-30-21(25)15-8-6-7-14(3)11-15/h6-12H,4-5,13H2,1-3H3. The molecule has 1 aromatic heterocycles. The third-order valence-electron chi connectivity index (χ3n) is 4.27. The second kappa shape index (κ2) is 9.21. The van der Waals surface area contributed by atoms with Gasteiger partial charge in [-0.05, 0) is 45.0 Å². The van der Waals surface area contributed by atoms with Crippen LogP contribution in [0.4, 0.5) is 0 Å². The van der Waals surface area contributed by atoms with Crippen molar-refractivity contribution in [1.29, 1.82) is 0 Å². The minimum atomic E-state index is -0.842. The molecule has 2 aromatic carbocycles. The number of carbonyl (C=O) groups excluding carboxylic acids is 2. The van der Waals surface area contributed by atoms with E-state index >= 15 is 0 Å². The van der Waals surface area contributed by atoms with Crippen molar-refractivity contribution in [1.82, 2.24) is 4.98 Å². The highest BCUT2D eigenvalue weighted by Crippen LogP contribution is 2.20. The molecule has 0 N–H and O–H groups in total. The molecular formula is C22H22N2O6. The summed E-state index contributed by atoms with van der Waals surface area (Å²) < 4.78 is 16.2. The van der Waals surface area contributed by atoms with Crippen molar-refractivity contribution in [3.05, 3.63) is 70.2 Å². The lowest BCUT2D eigenvalue weighted by atomic mass is 10.1. The second-order valence-corrected chi connectivity index (χ2v) is 6.45. The fourth-order valence-corrected chi connectivity index (χ4v) is 2.94. The Labute approximate surface area is 173 Å². The van der Waals surface area contributed by atoms with Gasteiger partial charge < -0.3 is 19.4 Å². The Hall–Kier alpha value is -3.68. The van der Waals surface area contributed by atoms with Crippen molar-refractivity contribution in [3.63, 3.8) is 0 Å². The maximum Gasteiger partial charge on any atom is 0.407 e. The van der Waals surface area contributed by atoms with Crippen molar-refractivity contribution in [3.8, 4) is 5.75 Å². The van der Waals surface area contributed by atoms with Gasteiger partial charge >= 0.3 is 17.6 Å². The molecule has 0 amide bonds. The molecule has 0 fully saturated rings. The van der Waals surface area contributed by atoms with E-state index in [0.29, 0.717) is 28.2 Å². The SMILES string of the molecule is CCOC(=O)c1c(COC(=O)c2cccc(C)c2)nc2ccc(OCC)cc2[n+]1[O-]. The molecule has 0 saturated heterocycles. The number of ether oxygens (including phenoxy) is 3. The van der Waals surface area contributed by atoms with Crippen LogP contribution in [0.5, 0.6) is 5.75 Å². The first-order valence-corrected chi connectivity index (χ1v) is 9.54. The zero-order valence-electron chi connectivity index (χ0n) is 17.0.